The zero-order valence-corrected chi connectivity index (χ0v) is 14.6. The zero-order valence-electron chi connectivity index (χ0n) is 13.0. The van der Waals surface area contributed by atoms with E-state index < -0.39 is 5.41 Å². The fourth-order valence-electron chi connectivity index (χ4n) is 1.79. The number of halogens is 1. The summed E-state index contributed by atoms with van der Waals surface area (Å²) in [6.07, 6.45) is 3.53. The number of amides is 1. The van der Waals surface area contributed by atoms with Crippen molar-refractivity contribution in [2.75, 3.05) is 18.9 Å². The Morgan fingerprint density at radius 2 is 2.14 bits per heavy atom. The van der Waals surface area contributed by atoms with Gasteiger partial charge in [0.15, 0.2) is 0 Å². The third-order valence-corrected chi connectivity index (χ3v) is 4.04. The third kappa shape index (κ3) is 4.56. The van der Waals surface area contributed by atoms with Gasteiger partial charge in [-0.25, -0.2) is 4.68 Å². The monoisotopic (exact) mass is 358 g/mol. The molecule has 21 heavy (non-hydrogen) atoms. The van der Waals surface area contributed by atoms with Crippen molar-refractivity contribution < 1.29 is 4.79 Å². The highest BCUT2D eigenvalue weighted by Gasteiger charge is 2.26. The van der Waals surface area contributed by atoms with E-state index in [1.807, 2.05) is 13.8 Å². The summed E-state index contributed by atoms with van der Waals surface area (Å²) in [6, 6.07) is 0. The first kappa shape index (κ1) is 17.7. The molecule has 118 valence electrons. The van der Waals surface area contributed by atoms with Crippen molar-refractivity contribution in [3.05, 3.63) is 21.0 Å². The molecule has 1 amide bonds. The summed E-state index contributed by atoms with van der Waals surface area (Å²) >= 11 is 3.31. The molecular formula is C14H23BrN4O2. The molecule has 2 N–H and O–H groups in total. The highest BCUT2D eigenvalue weighted by molar-refractivity contribution is 9.10. The predicted molar refractivity (Wildman–Crippen MR) is 87.4 cm³/mol. The van der Waals surface area contributed by atoms with E-state index in [0.29, 0.717) is 23.2 Å². The van der Waals surface area contributed by atoms with Gasteiger partial charge in [-0.3, -0.25) is 9.59 Å². The maximum atomic E-state index is 12.1. The van der Waals surface area contributed by atoms with Crippen LogP contribution in [0.5, 0.6) is 0 Å². The number of aryl methyl sites for hydroxylation is 1. The lowest BCUT2D eigenvalue weighted by atomic mass is 9.92. The Kier molecular flexibility index (Phi) is 6.39. The molecule has 1 aromatic rings. The molecule has 1 aromatic heterocycles. The number of rotatable bonds is 7. The summed E-state index contributed by atoms with van der Waals surface area (Å²) in [5.41, 5.74) is -0.137. The zero-order chi connectivity index (χ0) is 16.0. The summed E-state index contributed by atoms with van der Waals surface area (Å²) in [7, 11) is 1.61. The van der Waals surface area contributed by atoms with E-state index in [2.05, 4.69) is 38.6 Å². The van der Waals surface area contributed by atoms with E-state index in [0.717, 1.165) is 12.8 Å². The Hall–Kier alpha value is -1.37. The number of nitrogens with one attached hydrogen (secondary N) is 2. The fraction of sp³-hybridized carbons (Fsp3) is 0.643. The van der Waals surface area contributed by atoms with Gasteiger partial charge in [0.05, 0.1) is 17.3 Å². The first-order chi connectivity index (χ1) is 9.83. The van der Waals surface area contributed by atoms with E-state index >= 15 is 0 Å². The van der Waals surface area contributed by atoms with E-state index in [9.17, 15) is 9.59 Å². The van der Waals surface area contributed by atoms with E-state index in [1.165, 1.54) is 4.68 Å². The van der Waals surface area contributed by atoms with Crippen LogP contribution in [-0.2, 0) is 11.3 Å². The van der Waals surface area contributed by atoms with Crippen molar-refractivity contribution in [2.45, 2.75) is 40.2 Å². The number of aromatic nitrogens is 2. The van der Waals surface area contributed by atoms with Gasteiger partial charge in [0, 0.05) is 20.1 Å². The third-order valence-electron chi connectivity index (χ3n) is 3.27. The lowest BCUT2D eigenvalue weighted by molar-refractivity contribution is -0.128. The second kappa shape index (κ2) is 7.59. The number of nitrogens with zero attached hydrogens (tertiary/aromatic N) is 2. The minimum absolute atomic E-state index is 0.0598. The quantitative estimate of drug-likeness (QED) is 0.781. The largest absolute Gasteiger partial charge is 0.382 e. The molecule has 0 radical (unpaired) electrons. The molecule has 0 saturated heterocycles. The number of carbonyl (C=O) groups excluding carboxylic acids is 1. The standard InChI is InChI=1S/C14H23BrN4O2/c1-5-6-7-19-12(20)11(15)10(8-18-19)17-9-14(2,3)13(21)16-4/h8,17H,5-7,9H2,1-4H3,(H,16,21). The number of hydrogen-bond acceptors (Lipinski definition) is 4. The molecule has 0 aliphatic rings. The van der Waals surface area contributed by atoms with E-state index in [1.54, 1.807) is 13.2 Å². The fourth-order valence-corrected chi connectivity index (χ4v) is 2.24. The van der Waals surface area contributed by atoms with E-state index in [4.69, 9.17) is 0 Å². The Morgan fingerprint density at radius 1 is 1.48 bits per heavy atom. The average Bonchev–Trinajstić information content (AvgIpc) is 2.46. The molecule has 0 atom stereocenters. The Balaban J connectivity index is 2.84. The van der Waals surface area contributed by atoms with Crippen LogP contribution in [0.2, 0.25) is 0 Å². The second-order valence-corrected chi connectivity index (χ2v) is 6.36. The van der Waals surface area contributed by atoms with Crippen molar-refractivity contribution in [3.63, 3.8) is 0 Å². The van der Waals surface area contributed by atoms with Crippen molar-refractivity contribution in [1.29, 1.82) is 0 Å². The number of carbonyl (C=O) groups is 1. The highest BCUT2D eigenvalue weighted by Crippen LogP contribution is 2.20. The molecule has 0 saturated carbocycles. The van der Waals surface area contributed by atoms with Crippen LogP contribution in [0.15, 0.2) is 15.5 Å². The number of hydrogen-bond donors (Lipinski definition) is 2. The minimum atomic E-state index is -0.578. The van der Waals surface area contributed by atoms with Crippen LogP contribution in [0.4, 0.5) is 5.69 Å². The molecule has 0 aliphatic heterocycles. The van der Waals surface area contributed by atoms with Gasteiger partial charge in [-0.05, 0) is 36.2 Å². The topological polar surface area (TPSA) is 76.0 Å². The Bertz CT molecular complexity index is 554. The lowest BCUT2D eigenvalue weighted by Gasteiger charge is -2.23. The van der Waals surface area contributed by atoms with Crippen LogP contribution in [0.3, 0.4) is 0 Å². The van der Waals surface area contributed by atoms with Gasteiger partial charge in [0.1, 0.15) is 4.47 Å². The average molecular weight is 359 g/mol. The van der Waals surface area contributed by atoms with Gasteiger partial charge in [-0.2, -0.15) is 5.10 Å². The molecule has 0 spiro atoms. The van der Waals surface area contributed by atoms with Crippen molar-refractivity contribution in [2.24, 2.45) is 5.41 Å². The minimum Gasteiger partial charge on any atom is -0.382 e. The number of anilines is 1. The van der Waals surface area contributed by atoms with Gasteiger partial charge in [-0.1, -0.05) is 13.3 Å². The smallest absolute Gasteiger partial charge is 0.283 e. The van der Waals surface area contributed by atoms with Gasteiger partial charge >= 0.3 is 0 Å². The van der Waals surface area contributed by atoms with Crippen LogP contribution in [0.1, 0.15) is 33.6 Å². The molecule has 1 rings (SSSR count). The summed E-state index contributed by atoms with van der Waals surface area (Å²) < 4.78 is 1.89. The molecule has 0 unspecified atom stereocenters. The van der Waals surface area contributed by atoms with Gasteiger partial charge < -0.3 is 10.6 Å². The predicted octanol–water partition coefficient (Wildman–Crippen LogP) is 1.99. The van der Waals surface area contributed by atoms with Crippen LogP contribution in [0.25, 0.3) is 0 Å². The van der Waals surface area contributed by atoms with Crippen molar-refractivity contribution in [1.82, 2.24) is 15.1 Å². The van der Waals surface area contributed by atoms with Crippen LogP contribution in [0, 0.1) is 5.41 Å². The Labute approximate surface area is 133 Å². The second-order valence-electron chi connectivity index (χ2n) is 5.57. The van der Waals surface area contributed by atoms with E-state index in [-0.39, 0.29) is 11.5 Å². The van der Waals surface area contributed by atoms with Gasteiger partial charge in [0.25, 0.3) is 5.56 Å². The highest BCUT2D eigenvalue weighted by atomic mass is 79.9. The SMILES string of the molecule is CCCCn1ncc(NCC(C)(C)C(=O)NC)c(Br)c1=O. The first-order valence-corrected chi connectivity index (χ1v) is 7.84. The molecule has 0 aliphatic carbocycles. The molecule has 1 heterocycles. The molecule has 0 bridgehead atoms. The van der Waals surface area contributed by atoms with Crippen LogP contribution in [-0.4, -0.2) is 29.3 Å². The Morgan fingerprint density at radius 3 is 2.71 bits per heavy atom. The molecule has 6 nitrogen and oxygen atoms in total. The number of unbranched alkanes of at least 4 members (excludes halogenated alkanes) is 1. The summed E-state index contributed by atoms with van der Waals surface area (Å²) in [5, 5.41) is 9.89. The van der Waals surface area contributed by atoms with Crippen LogP contribution < -0.4 is 16.2 Å². The van der Waals surface area contributed by atoms with Crippen molar-refractivity contribution in [3.8, 4) is 0 Å². The summed E-state index contributed by atoms with van der Waals surface area (Å²) in [5.74, 6) is -0.0598. The molecule has 0 aromatic carbocycles. The van der Waals surface area contributed by atoms with Gasteiger partial charge in [-0.15, -0.1) is 0 Å². The molecule has 7 heteroatoms. The maximum Gasteiger partial charge on any atom is 0.283 e. The van der Waals surface area contributed by atoms with Gasteiger partial charge in [0.2, 0.25) is 5.91 Å². The van der Waals surface area contributed by atoms with Crippen LogP contribution >= 0.6 is 15.9 Å². The first-order valence-electron chi connectivity index (χ1n) is 7.05. The molecular weight excluding hydrogens is 336 g/mol. The molecule has 0 fully saturated rings. The summed E-state index contributed by atoms with van der Waals surface area (Å²) in [4.78, 5) is 23.9. The normalized spacial score (nSPS) is 11.3. The van der Waals surface area contributed by atoms with Crippen molar-refractivity contribution >= 4 is 27.5 Å². The maximum absolute atomic E-state index is 12.1. The lowest BCUT2D eigenvalue weighted by Crippen LogP contribution is -2.39. The summed E-state index contributed by atoms with van der Waals surface area (Å²) in [6.45, 7) is 6.76.